The molecular formula is C19H19N3O3. The van der Waals surface area contributed by atoms with Gasteiger partial charge in [0.05, 0.1) is 24.2 Å². The number of benzene rings is 2. The quantitative estimate of drug-likeness (QED) is 0.737. The number of rotatable bonds is 3. The first kappa shape index (κ1) is 15.8. The number of aromatic nitrogens is 2. The Morgan fingerprint density at radius 3 is 2.48 bits per heavy atom. The predicted octanol–water partition coefficient (Wildman–Crippen LogP) is 2.90. The lowest BCUT2D eigenvalue weighted by atomic mass is 10.1. The molecule has 1 aromatic heterocycles. The van der Waals surface area contributed by atoms with Crippen LogP contribution < -0.4 is 4.90 Å². The van der Waals surface area contributed by atoms with Crippen LogP contribution in [0.25, 0.3) is 11.0 Å². The van der Waals surface area contributed by atoms with Crippen LogP contribution in [0.5, 0.6) is 0 Å². The number of ether oxygens (including phenoxy) is 2. The third kappa shape index (κ3) is 2.79. The Hall–Kier alpha value is -2.70. The van der Waals surface area contributed by atoms with Gasteiger partial charge in [-0.25, -0.2) is 4.98 Å². The molecule has 2 aromatic carbocycles. The summed E-state index contributed by atoms with van der Waals surface area (Å²) in [5.41, 5.74) is 3.37. The lowest BCUT2D eigenvalue weighted by molar-refractivity contribution is -0.0441. The average Bonchev–Trinajstić information content (AvgIpc) is 3.30. The molecule has 1 aliphatic heterocycles. The van der Waals surface area contributed by atoms with Gasteiger partial charge in [0.25, 0.3) is 5.91 Å². The number of fused-ring (bicyclic) bond motifs is 1. The number of nitrogens with zero attached hydrogens (tertiary/aromatic N) is 3. The van der Waals surface area contributed by atoms with Crippen molar-refractivity contribution in [1.29, 1.82) is 0 Å². The van der Waals surface area contributed by atoms with Gasteiger partial charge in [-0.3, -0.25) is 9.69 Å². The number of carbonyl (C=O) groups is 1. The van der Waals surface area contributed by atoms with Gasteiger partial charge in [0, 0.05) is 25.2 Å². The summed E-state index contributed by atoms with van der Waals surface area (Å²) in [6.07, 6.45) is -0.332. The zero-order valence-electron chi connectivity index (χ0n) is 14.2. The Morgan fingerprint density at radius 1 is 1.12 bits per heavy atom. The van der Waals surface area contributed by atoms with Gasteiger partial charge in [0.2, 0.25) is 5.95 Å². The van der Waals surface area contributed by atoms with Crippen LogP contribution in [0.2, 0.25) is 0 Å². The first-order chi connectivity index (χ1) is 12.1. The van der Waals surface area contributed by atoms with E-state index in [-0.39, 0.29) is 12.2 Å². The molecule has 128 valence electrons. The molecule has 6 nitrogen and oxygen atoms in total. The zero-order chi connectivity index (χ0) is 17.4. The number of amides is 1. The maximum atomic E-state index is 12.8. The molecule has 4 rings (SSSR count). The van der Waals surface area contributed by atoms with Crippen LogP contribution >= 0.6 is 0 Å². The number of imidazole rings is 1. The molecule has 0 bridgehead atoms. The minimum atomic E-state index is -0.332. The number of para-hydroxylation sites is 2. The highest BCUT2D eigenvalue weighted by Gasteiger charge is 2.21. The Balaban J connectivity index is 1.59. The van der Waals surface area contributed by atoms with Gasteiger partial charge in [-0.05, 0) is 24.3 Å². The molecular weight excluding hydrogens is 318 g/mol. The fourth-order valence-electron chi connectivity index (χ4n) is 3.05. The van der Waals surface area contributed by atoms with Crippen molar-refractivity contribution < 1.29 is 14.3 Å². The lowest BCUT2D eigenvalue weighted by Crippen LogP contribution is -2.28. The third-order valence-corrected chi connectivity index (χ3v) is 4.42. The highest BCUT2D eigenvalue weighted by Crippen LogP contribution is 2.25. The summed E-state index contributed by atoms with van der Waals surface area (Å²) in [4.78, 5) is 19.0. The SMILES string of the molecule is CN(C(=O)c1ccc(C2OCCO2)cc1)c1nc2ccccc2n1C. The highest BCUT2D eigenvalue weighted by atomic mass is 16.7. The van der Waals surface area contributed by atoms with Gasteiger partial charge >= 0.3 is 0 Å². The molecule has 1 saturated heterocycles. The molecule has 25 heavy (non-hydrogen) atoms. The number of hydrogen-bond donors (Lipinski definition) is 0. The second-order valence-electron chi connectivity index (χ2n) is 6.02. The Labute approximate surface area is 145 Å². The normalized spacial score (nSPS) is 15.0. The molecule has 1 aliphatic rings. The van der Waals surface area contributed by atoms with Gasteiger partial charge in [-0.15, -0.1) is 0 Å². The number of aryl methyl sites for hydroxylation is 1. The number of carbonyl (C=O) groups excluding carboxylic acids is 1. The lowest BCUT2D eigenvalue weighted by Gasteiger charge is -2.17. The summed E-state index contributed by atoms with van der Waals surface area (Å²) in [6, 6.07) is 15.1. The Morgan fingerprint density at radius 2 is 1.80 bits per heavy atom. The predicted molar refractivity (Wildman–Crippen MR) is 94.5 cm³/mol. The van der Waals surface area contributed by atoms with Crippen LogP contribution in [0.3, 0.4) is 0 Å². The van der Waals surface area contributed by atoms with Crippen LogP contribution in [-0.4, -0.2) is 35.7 Å². The highest BCUT2D eigenvalue weighted by molar-refractivity contribution is 6.05. The molecule has 6 heteroatoms. The van der Waals surface area contributed by atoms with Gasteiger partial charge in [0.1, 0.15) is 0 Å². The molecule has 0 spiro atoms. The summed E-state index contributed by atoms with van der Waals surface area (Å²) in [5, 5.41) is 0. The third-order valence-electron chi connectivity index (χ3n) is 4.42. The van der Waals surface area contributed by atoms with E-state index in [0.29, 0.717) is 24.7 Å². The van der Waals surface area contributed by atoms with Crippen LogP contribution in [0.15, 0.2) is 48.5 Å². The molecule has 0 unspecified atom stereocenters. The first-order valence-electron chi connectivity index (χ1n) is 8.18. The molecule has 1 fully saturated rings. The molecule has 2 heterocycles. The fourth-order valence-corrected chi connectivity index (χ4v) is 3.05. The molecule has 0 N–H and O–H groups in total. The average molecular weight is 337 g/mol. The molecule has 0 radical (unpaired) electrons. The van der Waals surface area contributed by atoms with E-state index in [1.807, 2.05) is 48.0 Å². The van der Waals surface area contributed by atoms with Gasteiger partial charge in [0.15, 0.2) is 6.29 Å². The van der Waals surface area contributed by atoms with Crippen LogP contribution in [0.1, 0.15) is 22.2 Å². The van der Waals surface area contributed by atoms with Crippen LogP contribution in [-0.2, 0) is 16.5 Å². The molecule has 1 amide bonds. The van der Waals surface area contributed by atoms with Crippen LogP contribution in [0, 0.1) is 0 Å². The van der Waals surface area contributed by atoms with Crippen molar-refractivity contribution in [3.8, 4) is 0 Å². The van der Waals surface area contributed by atoms with Crippen molar-refractivity contribution >= 4 is 22.9 Å². The zero-order valence-corrected chi connectivity index (χ0v) is 14.2. The van der Waals surface area contributed by atoms with Crippen molar-refractivity contribution in [2.75, 3.05) is 25.2 Å². The van der Waals surface area contributed by atoms with Crippen LogP contribution in [0.4, 0.5) is 5.95 Å². The maximum Gasteiger partial charge on any atom is 0.260 e. The van der Waals surface area contributed by atoms with E-state index in [1.54, 1.807) is 24.1 Å². The van der Waals surface area contributed by atoms with Gasteiger partial charge in [-0.2, -0.15) is 0 Å². The summed E-state index contributed by atoms with van der Waals surface area (Å²) >= 11 is 0. The molecule has 0 saturated carbocycles. The van der Waals surface area contributed by atoms with Gasteiger partial charge in [-0.1, -0.05) is 24.3 Å². The Bertz CT molecular complexity index is 911. The van der Waals surface area contributed by atoms with E-state index in [9.17, 15) is 4.79 Å². The van der Waals surface area contributed by atoms with E-state index < -0.39 is 0 Å². The fraction of sp³-hybridized carbons (Fsp3) is 0.263. The molecule has 0 aliphatic carbocycles. The minimum absolute atomic E-state index is 0.113. The summed E-state index contributed by atoms with van der Waals surface area (Å²) < 4.78 is 12.9. The summed E-state index contributed by atoms with van der Waals surface area (Å²) in [6.45, 7) is 1.20. The van der Waals surface area contributed by atoms with Gasteiger partial charge < -0.3 is 14.0 Å². The van der Waals surface area contributed by atoms with Crippen molar-refractivity contribution in [3.63, 3.8) is 0 Å². The largest absolute Gasteiger partial charge is 0.346 e. The van der Waals surface area contributed by atoms with E-state index >= 15 is 0 Å². The minimum Gasteiger partial charge on any atom is -0.346 e. The standard InChI is InChI=1S/C19H19N3O3/c1-21-16-6-4-3-5-15(16)20-19(21)22(2)17(23)13-7-9-14(10-8-13)18-24-11-12-25-18/h3-10,18H,11-12H2,1-2H3. The molecule has 0 atom stereocenters. The first-order valence-corrected chi connectivity index (χ1v) is 8.18. The number of anilines is 1. The van der Waals surface area contributed by atoms with Crippen molar-refractivity contribution in [3.05, 3.63) is 59.7 Å². The second-order valence-corrected chi connectivity index (χ2v) is 6.02. The summed E-state index contributed by atoms with van der Waals surface area (Å²) in [5.74, 6) is 0.496. The Kier molecular flexibility index (Phi) is 3.99. The van der Waals surface area contributed by atoms with E-state index in [4.69, 9.17) is 9.47 Å². The maximum absolute atomic E-state index is 12.8. The van der Waals surface area contributed by atoms with E-state index in [0.717, 1.165) is 16.6 Å². The van der Waals surface area contributed by atoms with E-state index in [1.165, 1.54) is 0 Å². The van der Waals surface area contributed by atoms with E-state index in [2.05, 4.69) is 4.98 Å². The smallest absolute Gasteiger partial charge is 0.260 e. The van der Waals surface area contributed by atoms with Crippen molar-refractivity contribution in [1.82, 2.24) is 9.55 Å². The topological polar surface area (TPSA) is 56.6 Å². The van der Waals surface area contributed by atoms with Crippen molar-refractivity contribution in [2.45, 2.75) is 6.29 Å². The summed E-state index contributed by atoms with van der Waals surface area (Å²) in [7, 11) is 3.65. The second kappa shape index (κ2) is 6.31. The molecule has 3 aromatic rings. The van der Waals surface area contributed by atoms with Crippen molar-refractivity contribution in [2.24, 2.45) is 7.05 Å². The monoisotopic (exact) mass is 337 g/mol. The number of hydrogen-bond acceptors (Lipinski definition) is 4.